The van der Waals surface area contributed by atoms with Crippen molar-refractivity contribution >= 4 is 33.6 Å². The van der Waals surface area contributed by atoms with Gasteiger partial charge in [-0.2, -0.15) is 0 Å². The maximum Gasteiger partial charge on any atom is 0.322 e. The van der Waals surface area contributed by atoms with E-state index in [1.807, 2.05) is 47.4 Å². The second kappa shape index (κ2) is 16.1. The molecule has 0 aliphatic heterocycles. The maximum atomic E-state index is 13.7. The number of ether oxygens (including phenoxy) is 1. The Balaban J connectivity index is 1.74. The van der Waals surface area contributed by atoms with Crippen LogP contribution in [0.4, 0.5) is 10.5 Å². The lowest BCUT2D eigenvalue weighted by molar-refractivity contribution is -0.132. The first-order valence-corrected chi connectivity index (χ1v) is 14.5. The van der Waals surface area contributed by atoms with E-state index in [-0.39, 0.29) is 18.5 Å². The Bertz CT molecular complexity index is 1180. The predicted molar refractivity (Wildman–Crippen MR) is 161 cm³/mol. The van der Waals surface area contributed by atoms with Gasteiger partial charge in [0.2, 0.25) is 5.91 Å². The minimum Gasteiger partial charge on any atom is -0.385 e. The molecular formula is C31H41BrN4O3. The van der Waals surface area contributed by atoms with E-state index in [9.17, 15) is 9.59 Å². The number of hydrogen-bond acceptors (Lipinski definition) is 3. The molecule has 8 heteroatoms. The van der Waals surface area contributed by atoms with Crippen molar-refractivity contribution in [3.63, 3.8) is 0 Å². The number of nitrogens with zero attached hydrogens (tertiary/aromatic N) is 3. The molecule has 0 bridgehead atoms. The van der Waals surface area contributed by atoms with Gasteiger partial charge in [-0.25, -0.2) is 4.79 Å². The first-order valence-electron chi connectivity index (χ1n) is 13.7. The molecule has 3 amide bonds. The topological polar surface area (TPSA) is 66.8 Å². The summed E-state index contributed by atoms with van der Waals surface area (Å²) < 4.78 is 8.44. The number of rotatable bonds is 15. The summed E-state index contributed by atoms with van der Waals surface area (Å²) >= 11 is 3.50. The van der Waals surface area contributed by atoms with Gasteiger partial charge in [0.1, 0.15) is 6.54 Å². The molecule has 0 atom stereocenters. The van der Waals surface area contributed by atoms with Gasteiger partial charge in [-0.1, -0.05) is 66.5 Å². The number of urea groups is 1. The first kappa shape index (κ1) is 30.4. The number of benzene rings is 2. The molecule has 1 heterocycles. The van der Waals surface area contributed by atoms with Gasteiger partial charge < -0.3 is 24.4 Å². The van der Waals surface area contributed by atoms with E-state index in [1.54, 1.807) is 12.0 Å². The van der Waals surface area contributed by atoms with E-state index in [0.717, 1.165) is 47.2 Å². The molecule has 0 spiro atoms. The summed E-state index contributed by atoms with van der Waals surface area (Å²) in [6.45, 7) is 7.01. The highest BCUT2D eigenvalue weighted by molar-refractivity contribution is 9.10. The third-order valence-corrected chi connectivity index (χ3v) is 7.24. The van der Waals surface area contributed by atoms with E-state index in [2.05, 4.69) is 64.1 Å². The summed E-state index contributed by atoms with van der Waals surface area (Å²) in [5.41, 5.74) is 4.10. The Labute approximate surface area is 241 Å². The normalized spacial score (nSPS) is 10.9. The number of anilines is 1. The third kappa shape index (κ3) is 9.55. The molecule has 210 valence electrons. The molecule has 1 N–H and O–H groups in total. The molecule has 2 aromatic carbocycles. The standard InChI is InChI=1S/C31H41BrN4O3/c1-4-6-18-35(23-28-12-9-19-34(28)22-25-14-16-27(32)17-15-25)30(37)24-36(20-10-21-39-3)31(38)33-29-13-8-7-11-26(29)5-2/h7-9,11-17,19H,4-6,10,18,20-24H2,1-3H3,(H,33,38). The number of hydrogen-bond donors (Lipinski definition) is 1. The van der Waals surface area contributed by atoms with Gasteiger partial charge in [0.05, 0.1) is 6.54 Å². The van der Waals surface area contributed by atoms with Gasteiger partial charge in [0.15, 0.2) is 0 Å². The molecule has 0 aliphatic rings. The monoisotopic (exact) mass is 596 g/mol. The van der Waals surface area contributed by atoms with Gasteiger partial charge >= 0.3 is 6.03 Å². The van der Waals surface area contributed by atoms with Crippen molar-refractivity contribution in [2.75, 3.05) is 38.7 Å². The van der Waals surface area contributed by atoms with Crippen molar-refractivity contribution in [2.45, 2.75) is 52.6 Å². The number of carbonyl (C=O) groups is 2. The highest BCUT2D eigenvalue weighted by Gasteiger charge is 2.22. The second-order valence-corrected chi connectivity index (χ2v) is 10.5. The van der Waals surface area contributed by atoms with Crippen LogP contribution in [0.2, 0.25) is 0 Å². The fourth-order valence-corrected chi connectivity index (χ4v) is 4.69. The van der Waals surface area contributed by atoms with Gasteiger partial charge in [-0.15, -0.1) is 0 Å². The van der Waals surface area contributed by atoms with Gasteiger partial charge in [0, 0.05) is 55.4 Å². The average molecular weight is 598 g/mol. The molecule has 0 saturated carbocycles. The third-order valence-electron chi connectivity index (χ3n) is 6.71. The molecule has 0 aliphatic carbocycles. The van der Waals surface area contributed by atoms with Crippen molar-refractivity contribution in [1.29, 1.82) is 0 Å². The fraction of sp³-hybridized carbons (Fsp3) is 0.419. The van der Waals surface area contributed by atoms with Crippen molar-refractivity contribution < 1.29 is 14.3 Å². The summed E-state index contributed by atoms with van der Waals surface area (Å²) in [6.07, 6.45) is 5.39. The fourth-order valence-electron chi connectivity index (χ4n) is 4.43. The number of carbonyl (C=O) groups excluding carboxylic acids is 2. The van der Waals surface area contributed by atoms with Gasteiger partial charge in [0.25, 0.3) is 0 Å². The van der Waals surface area contributed by atoms with Crippen LogP contribution in [0.25, 0.3) is 0 Å². The quantitative estimate of drug-likeness (QED) is 0.202. The molecule has 0 fully saturated rings. The highest BCUT2D eigenvalue weighted by atomic mass is 79.9. The molecule has 1 aromatic heterocycles. The average Bonchev–Trinajstić information content (AvgIpc) is 3.38. The van der Waals surface area contributed by atoms with Crippen LogP contribution >= 0.6 is 15.9 Å². The van der Waals surface area contributed by atoms with E-state index < -0.39 is 0 Å². The zero-order valence-electron chi connectivity index (χ0n) is 23.4. The van der Waals surface area contributed by atoms with Crippen molar-refractivity contribution in [1.82, 2.24) is 14.4 Å². The smallest absolute Gasteiger partial charge is 0.322 e. The van der Waals surface area contributed by atoms with E-state index in [0.29, 0.717) is 32.7 Å². The first-order chi connectivity index (χ1) is 18.9. The van der Waals surface area contributed by atoms with Gasteiger partial charge in [-0.3, -0.25) is 4.79 Å². The molecule has 0 saturated heterocycles. The lowest BCUT2D eigenvalue weighted by Gasteiger charge is -2.28. The second-order valence-electron chi connectivity index (χ2n) is 9.63. The summed E-state index contributed by atoms with van der Waals surface area (Å²) in [6, 6.07) is 19.9. The van der Waals surface area contributed by atoms with Crippen LogP contribution in [0, 0.1) is 0 Å². The minimum absolute atomic E-state index is 0.0149. The summed E-state index contributed by atoms with van der Waals surface area (Å²) in [4.78, 5) is 30.5. The maximum absolute atomic E-state index is 13.7. The Kier molecular flexibility index (Phi) is 12.6. The van der Waals surface area contributed by atoms with E-state index in [4.69, 9.17) is 4.74 Å². The number of amides is 3. The van der Waals surface area contributed by atoms with Crippen LogP contribution < -0.4 is 5.32 Å². The van der Waals surface area contributed by atoms with Crippen molar-refractivity contribution in [3.05, 3.63) is 88.2 Å². The number of nitrogens with one attached hydrogen (secondary N) is 1. The zero-order valence-corrected chi connectivity index (χ0v) is 25.0. The Morgan fingerprint density at radius 2 is 1.69 bits per heavy atom. The Morgan fingerprint density at radius 3 is 2.41 bits per heavy atom. The molecule has 0 unspecified atom stereocenters. The summed E-state index contributed by atoms with van der Waals surface area (Å²) in [7, 11) is 1.64. The highest BCUT2D eigenvalue weighted by Crippen LogP contribution is 2.17. The number of unbranched alkanes of at least 4 members (excludes halogenated alkanes) is 1. The molecule has 7 nitrogen and oxygen atoms in total. The van der Waals surface area contributed by atoms with E-state index >= 15 is 0 Å². The van der Waals surface area contributed by atoms with Crippen LogP contribution in [-0.4, -0.2) is 59.7 Å². The molecule has 0 radical (unpaired) electrons. The number of aryl methyl sites for hydroxylation is 1. The Hall–Kier alpha value is -3.10. The van der Waals surface area contributed by atoms with Crippen LogP contribution in [0.15, 0.2) is 71.3 Å². The molecule has 39 heavy (non-hydrogen) atoms. The molecular weight excluding hydrogens is 556 g/mol. The van der Waals surface area contributed by atoms with Crippen LogP contribution in [0.1, 0.15) is 49.9 Å². The SMILES string of the molecule is CCCCN(Cc1cccn1Cc1ccc(Br)cc1)C(=O)CN(CCCOC)C(=O)Nc1ccccc1CC. The lowest BCUT2D eigenvalue weighted by Crippen LogP contribution is -2.45. The summed E-state index contributed by atoms with van der Waals surface area (Å²) in [5.74, 6) is -0.0591. The van der Waals surface area contributed by atoms with Crippen LogP contribution in [0.3, 0.4) is 0 Å². The van der Waals surface area contributed by atoms with E-state index in [1.165, 1.54) is 5.56 Å². The largest absolute Gasteiger partial charge is 0.385 e. The number of halogens is 1. The minimum atomic E-state index is -0.269. The number of aromatic nitrogens is 1. The number of methoxy groups -OCH3 is 1. The van der Waals surface area contributed by atoms with Crippen molar-refractivity contribution in [3.8, 4) is 0 Å². The van der Waals surface area contributed by atoms with Crippen molar-refractivity contribution in [2.24, 2.45) is 0 Å². The number of para-hydroxylation sites is 1. The lowest BCUT2D eigenvalue weighted by atomic mass is 10.1. The molecule has 3 rings (SSSR count). The summed E-state index contributed by atoms with van der Waals surface area (Å²) in [5, 5.41) is 3.03. The van der Waals surface area contributed by atoms with Crippen LogP contribution in [-0.2, 0) is 29.0 Å². The zero-order chi connectivity index (χ0) is 28.0. The predicted octanol–water partition coefficient (Wildman–Crippen LogP) is 6.56. The van der Waals surface area contributed by atoms with Crippen LogP contribution in [0.5, 0.6) is 0 Å². The Morgan fingerprint density at radius 1 is 0.949 bits per heavy atom. The van der Waals surface area contributed by atoms with Gasteiger partial charge in [-0.05, 0) is 60.7 Å². The molecule has 3 aromatic rings.